The zero-order valence-electron chi connectivity index (χ0n) is 17.9. The minimum absolute atomic E-state index is 0.299. The van der Waals surface area contributed by atoms with E-state index in [0.717, 1.165) is 31.0 Å². The van der Waals surface area contributed by atoms with Gasteiger partial charge in [0, 0.05) is 16.0 Å². The SMILES string of the molecule is COc1ccc(CCCCCSc2ccc(CNCCCO[P+](=O)O)cc2C)cc1. The lowest BCUT2D eigenvalue weighted by Gasteiger charge is -2.09. The third kappa shape index (κ3) is 10.1. The lowest BCUT2D eigenvalue weighted by Crippen LogP contribution is -2.16. The predicted molar refractivity (Wildman–Crippen MR) is 125 cm³/mol. The van der Waals surface area contributed by atoms with E-state index >= 15 is 0 Å². The fraction of sp³-hybridized carbons (Fsp3) is 0.478. The molecule has 2 aromatic rings. The van der Waals surface area contributed by atoms with Crippen LogP contribution in [0.2, 0.25) is 0 Å². The van der Waals surface area contributed by atoms with Crippen molar-refractivity contribution in [3.05, 3.63) is 59.2 Å². The summed E-state index contributed by atoms with van der Waals surface area (Å²) in [5.74, 6) is 2.06. The Morgan fingerprint density at radius 1 is 1.03 bits per heavy atom. The first kappa shape index (κ1) is 24.8. The van der Waals surface area contributed by atoms with E-state index in [2.05, 4.69) is 47.1 Å². The molecule has 0 spiro atoms. The van der Waals surface area contributed by atoms with Gasteiger partial charge in [0.1, 0.15) is 12.4 Å². The molecule has 0 aromatic heterocycles. The van der Waals surface area contributed by atoms with Gasteiger partial charge in [-0.25, -0.2) is 0 Å². The molecule has 0 radical (unpaired) electrons. The lowest BCUT2D eigenvalue weighted by molar-refractivity contribution is 0.276. The molecule has 0 aliphatic carbocycles. The van der Waals surface area contributed by atoms with E-state index in [-0.39, 0.29) is 0 Å². The summed E-state index contributed by atoms with van der Waals surface area (Å²) < 4.78 is 20.3. The van der Waals surface area contributed by atoms with E-state index in [1.165, 1.54) is 40.8 Å². The van der Waals surface area contributed by atoms with E-state index in [0.29, 0.717) is 13.0 Å². The molecule has 2 aromatic carbocycles. The quantitative estimate of drug-likeness (QED) is 0.207. The van der Waals surface area contributed by atoms with Crippen LogP contribution in [0.1, 0.15) is 42.4 Å². The molecule has 1 unspecified atom stereocenters. The molecular formula is C23H33NO4PS+. The highest BCUT2D eigenvalue weighted by atomic mass is 32.2. The normalized spacial score (nSPS) is 11.5. The van der Waals surface area contributed by atoms with Gasteiger partial charge in [-0.15, -0.1) is 21.2 Å². The Kier molecular flexibility index (Phi) is 12.0. The zero-order valence-corrected chi connectivity index (χ0v) is 19.6. The van der Waals surface area contributed by atoms with Crippen molar-refractivity contribution in [2.45, 2.75) is 50.5 Å². The zero-order chi connectivity index (χ0) is 21.6. The summed E-state index contributed by atoms with van der Waals surface area (Å²) >= 11 is 1.94. The molecule has 2 N–H and O–H groups in total. The molecule has 0 aliphatic rings. The smallest absolute Gasteiger partial charge is 0.497 e. The molecule has 0 heterocycles. The van der Waals surface area contributed by atoms with Gasteiger partial charge in [0.25, 0.3) is 0 Å². The van der Waals surface area contributed by atoms with Gasteiger partial charge < -0.3 is 10.1 Å². The Balaban J connectivity index is 1.58. The van der Waals surface area contributed by atoms with E-state index in [4.69, 9.17) is 9.63 Å². The van der Waals surface area contributed by atoms with E-state index in [1.807, 2.05) is 23.9 Å². The molecule has 0 fully saturated rings. The average molecular weight is 451 g/mol. The van der Waals surface area contributed by atoms with Gasteiger partial charge in [-0.05, 0) is 79.8 Å². The van der Waals surface area contributed by atoms with Crippen molar-refractivity contribution < 1.29 is 18.7 Å². The van der Waals surface area contributed by atoms with Crippen LogP contribution in [0.5, 0.6) is 5.75 Å². The van der Waals surface area contributed by atoms with Gasteiger partial charge in [0.05, 0.1) is 7.11 Å². The number of rotatable bonds is 15. The largest absolute Gasteiger partial charge is 0.694 e. The van der Waals surface area contributed by atoms with Crippen LogP contribution in [0.15, 0.2) is 47.4 Å². The maximum Gasteiger partial charge on any atom is 0.694 e. The molecule has 0 bridgehead atoms. The van der Waals surface area contributed by atoms with Gasteiger partial charge in [-0.1, -0.05) is 30.7 Å². The molecule has 0 aliphatic heterocycles. The molecular weight excluding hydrogens is 417 g/mol. The summed E-state index contributed by atoms with van der Waals surface area (Å²) in [5.41, 5.74) is 3.95. The number of unbranched alkanes of at least 4 members (excludes halogenated alkanes) is 2. The fourth-order valence-corrected chi connectivity index (χ4v) is 4.44. The molecule has 7 heteroatoms. The summed E-state index contributed by atoms with van der Waals surface area (Å²) in [6.45, 7) is 4.02. The number of ether oxygens (including phenoxy) is 1. The number of hydrogen-bond donors (Lipinski definition) is 2. The average Bonchev–Trinajstić information content (AvgIpc) is 2.74. The number of benzene rings is 2. The number of hydrogen-bond acceptors (Lipinski definition) is 5. The van der Waals surface area contributed by atoms with Crippen molar-refractivity contribution in [3.63, 3.8) is 0 Å². The third-order valence-electron chi connectivity index (χ3n) is 4.79. The highest BCUT2D eigenvalue weighted by Crippen LogP contribution is 2.25. The predicted octanol–water partition coefficient (Wildman–Crippen LogP) is 5.65. The molecule has 0 amide bonds. The fourth-order valence-electron chi connectivity index (χ4n) is 3.14. The van der Waals surface area contributed by atoms with Crippen LogP contribution < -0.4 is 10.1 Å². The third-order valence-corrected chi connectivity index (χ3v) is 6.46. The Bertz CT molecular complexity index is 770. The number of thioether (sulfide) groups is 1. The van der Waals surface area contributed by atoms with E-state index < -0.39 is 8.25 Å². The van der Waals surface area contributed by atoms with Gasteiger partial charge in [0.2, 0.25) is 0 Å². The van der Waals surface area contributed by atoms with Crippen molar-refractivity contribution >= 4 is 20.0 Å². The molecule has 0 saturated carbocycles. The van der Waals surface area contributed by atoms with Gasteiger partial charge in [-0.3, -0.25) is 0 Å². The first-order chi connectivity index (χ1) is 14.6. The van der Waals surface area contributed by atoms with Crippen LogP contribution in [-0.2, 0) is 22.1 Å². The Morgan fingerprint density at radius 2 is 1.80 bits per heavy atom. The van der Waals surface area contributed by atoms with Crippen LogP contribution in [0.25, 0.3) is 0 Å². The van der Waals surface area contributed by atoms with Crippen LogP contribution in [0.3, 0.4) is 0 Å². The van der Waals surface area contributed by atoms with Crippen molar-refractivity contribution in [1.29, 1.82) is 0 Å². The van der Waals surface area contributed by atoms with Gasteiger partial charge in [-0.2, -0.15) is 0 Å². The number of aryl methyl sites for hydroxylation is 2. The highest BCUT2D eigenvalue weighted by Gasteiger charge is 2.10. The highest BCUT2D eigenvalue weighted by molar-refractivity contribution is 7.99. The second-order valence-corrected chi connectivity index (χ2v) is 9.08. The van der Waals surface area contributed by atoms with Crippen LogP contribution in [0.4, 0.5) is 0 Å². The van der Waals surface area contributed by atoms with E-state index in [1.54, 1.807) is 7.11 Å². The molecule has 30 heavy (non-hydrogen) atoms. The molecule has 164 valence electrons. The standard InChI is InChI=1S/C23H32NO4PS/c1-19-17-21(18-24-14-6-15-28-29(25)26)10-13-23(19)30-16-5-3-4-7-20-8-11-22(27-2)12-9-20/h8-13,17,24H,3-7,14-16,18H2,1-2H3/p+1. The van der Waals surface area contributed by atoms with Crippen LogP contribution in [0, 0.1) is 6.92 Å². The lowest BCUT2D eigenvalue weighted by atomic mass is 10.1. The minimum Gasteiger partial charge on any atom is -0.497 e. The summed E-state index contributed by atoms with van der Waals surface area (Å²) in [5, 5.41) is 3.34. The van der Waals surface area contributed by atoms with Crippen LogP contribution >= 0.6 is 20.0 Å². The van der Waals surface area contributed by atoms with Crippen molar-refractivity contribution in [3.8, 4) is 5.75 Å². The topological polar surface area (TPSA) is 67.8 Å². The molecule has 2 rings (SSSR count). The first-order valence-corrected chi connectivity index (χ1v) is 12.5. The maximum absolute atomic E-state index is 10.4. The summed E-state index contributed by atoms with van der Waals surface area (Å²) in [7, 11) is -0.781. The summed E-state index contributed by atoms with van der Waals surface area (Å²) in [6.07, 6.45) is 5.53. The molecule has 0 saturated heterocycles. The molecule has 1 atom stereocenters. The maximum atomic E-state index is 10.4. The second-order valence-electron chi connectivity index (χ2n) is 7.21. The van der Waals surface area contributed by atoms with Crippen molar-refractivity contribution in [1.82, 2.24) is 5.32 Å². The second kappa shape index (κ2) is 14.6. The Labute approximate surface area is 185 Å². The number of methoxy groups -OCH3 is 1. The van der Waals surface area contributed by atoms with E-state index in [9.17, 15) is 4.57 Å². The Hall–Kier alpha value is -1.43. The minimum atomic E-state index is -2.48. The van der Waals surface area contributed by atoms with Crippen LogP contribution in [-0.4, -0.2) is 30.9 Å². The molecule has 5 nitrogen and oxygen atoms in total. The van der Waals surface area contributed by atoms with Crippen molar-refractivity contribution in [2.24, 2.45) is 0 Å². The number of nitrogens with one attached hydrogen (secondary N) is 1. The van der Waals surface area contributed by atoms with Gasteiger partial charge >= 0.3 is 8.25 Å². The first-order valence-electron chi connectivity index (χ1n) is 10.4. The van der Waals surface area contributed by atoms with Crippen molar-refractivity contribution in [2.75, 3.05) is 26.0 Å². The monoisotopic (exact) mass is 450 g/mol. The summed E-state index contributed by atoms with van der Waals surface area (Å²) in [4.78, 5) is 9.93. The Morgan fingerprint density at radius 3 is 2.50 bits per heavy atom. The van der Waals surface area contributed by atoms with Gasteiger partial charge in [0.15, 0.2) is 0 Å². The summed E-state index contributed by atoms with van der Waals surface area (Å²) in [6, 6.07) is 15.0.